The molecule has 4 heterocycles. The lowest BCUT2D eigenvalue weighted by molar-refractivity contribution is -0.131. The number of benzene rings is 1. The number of nitrogens with zero attached hydrogens (tertiary/aromatic N) is 3. The molecule has 2 aromatic rings. The third kappa shape index (κ3) is 4.55. The van der Waals surface area contributed by atoms with E-state index in [1.165, 1.54) is 16.1 Å². The van der Waals surface area contributed by atoms with Gasteiger partial charge in [-0.1, -0.05) is 24.3 Å². The molecule has 1 N–H and O–H groups in total. The molecule has 3 aliphatic rings. The lowest BCUT2D eigenvalue weighted by Gasteiger charge is -2.49. The van der Waals surface area contributed by atoms with Gasteiger partial charge in [-0.3, -0.25) is 14.5 Å². The number of amides is 2. The van der Waals surface area contributed by atoms with E-state index < -0.39 is 0 Å². The van der Waals surface area contributed by atoms with Crippen molar-refractivity contribution in [2.75, 3.05) is 50.7 Å². The quantitative estimate of drug-likeness (QED) is 0.731. The molecule has 1 aromatic heterocycles. The van der Waals surface area contributed by atoms with Gasteiger partial charge in [-0.25, -0.2) is 0 Å². The van der Waals surface area contributed by atoms with E-state index in [1.807, 2.05) is 4.90 Å². The number of likely N-dealkylation sites (tertiary alicyclic amines) is 1. The van der Waals surface area contributed by atoms with Gasteiger partial charge in [0.05, 0.1) is 18.5 Å². The first-order valence-electron chi connectivity index (χ1n) is 11.8. The maximum absolute atomic E-state index is 13.3. The number of fused-ring (bicyclic) bond motifs is 3. The minimum atomic E-state index is -0.0991. The number of nitrogens with one attached hydrogen (secondary N) is 1. The van der Waals surface area contributed by atoms with Crippen molar-refractivity contribution < 1.29 is 9.59 Å². The molecule has 2 saturated heterocycles. The normalized spacial score (nSPS) is 23.0. The van der Waals surface area contributed by atoms with E-state index in [-0.39, 0.29) is 23.8 Å². The predicted octanol–water partition coefficient (Wildman–Crippen LogP) is 2.39. The molecule has 0 aliphatic carbocycles. The fourth-order valence-electron chi connectivity index (χ4n) is 5.41. The molecule has 0 radical (unpaired) electrons. The van der Waals surface area contributed by atoms with Crippen molar-refractivity contribution >= 4 is 28.8 Å². The number of rotatable bonds is 6. The first-order chi connectivity index (χ1) is 15.7. The Balaban J connectivity index is 1.28. The molecule has 0 unspecified atom stereocenters. The van der Waals surface area contributed by atoms with Crippen LogP contribution in [0.1, 0.15) is 23.3 Å². The highest BCUT2D eigenvalue weighted by atomic mass is 32.1. The first kappa shape index (κ1) is 21.5. The van der Waals surface area contributed by atoms with Crippen molar-refractivity contribution in [2.45, 2.75) is 31.7 Å². The molecule has 0 saturated carbocycles. The maximum atomic E-state index is 13.3. The van der Waals surface area contributed by atoms with Gasteiger partial charge in [-0.05, 0) is 48.8 Å². The minimum Gasteiger partial charge on any atom is -0.365 e. The van der Waals surface area contributed by atoms with E-state index in [1.54, 1.807) is 11.3 Å². The SMILES string of the molecule is O=C(NCCc1cccs1)[C@H]1Cc2ccccc2N2CCN(CC(=O)N3CCCC3)C[C@@H]12. The van der Waals surface area contributed by atoms with Crippen LogP contribution in [0.25, 0.3) is 0 Å². The van der Waals surface area contributed by atoms with Crippen molar-refractivity contribution in [3.8, 4) is 0 Å². The summed E-state index contributed by atoms with van der Waals surface area (Å²) in [7, 11) is 0. The standard InChI is InChI=1S/C25H32N4O2S/c30-24(28-11-3-4-12-28)18-27-13-14-29-22-8-2-1-6-19(22)16-21(23(29)17-27)25(31)26-10-9-20-7-5-15-32-20/h1-2,5-8,15,21,23H,3-4,9-14,16-18H2,(H,26,31)/t21-,23-/m0/s1. The van der Waals surface area contributed by atoms with Crippen LogP contribution in [0.15, 0.2) is 41.8 Å². The summed E-state index contributed by atoms with van der Waals surface area (Å²) in [5.74, 6) is 0.279. The van der Waals surface area contributed by atoms with Gasteiger partial charge in [-0.15, -0.1) is 11.3 Å². The second-order valence-corrected chi connectivity index (χ2v) is 10.2. The monoisotopic (exact) mass is 452 g/mol. The van der Waals surface area contributed by atoms with Crippen molar-refractivity contribution in [1.82, 2.24) is 15.1 Å². The van der Waals surface area contributed by atoms with Crippen molar-refractivity contribution in [3.05, 3.63) is 52.2 Å². The molecule has 170 valence electrons. The van der Waals surface area contributed by atoms with Crippen LogP contribution in [0, 0.1) is 5.92 Å². The van der Waals surface area contributed by atoms with Gasteiger partial charge in [-0.2, -0.15) is 0 Å². The van der Waals surface area contributed by atoms with Gasteiger partial charge < -0.3 is 15.1 Å². The molecule has 2 fully saturated rings. The summed E-state index contributed by atoms with van der Waals surface area (Å²) in [6.45, 7) is 5.40. The first-order valence-corrected chi connectivity index (χ1v) is 12.7. The second kappa shape index (κ2) is 9.63. The molecule has 2 amide bonds. The highest BCUT2D eigenvalue weighted by molar-refractivity contribution is 7.09. The summed E-state index contributed by atoms with van der Waals surface area (Å²) >= 11 is 1.73. The lowest BCUT2D eigenvalue weighted by atomic mass is 9.83. The van der Waals surface area contributed by atoms with E-state index in [0.717, 1.165) is 58.4 Å². The Hall–Kier alpha value is -2.38. The number of anilines is 1. The van der Waals surface area contributed by atoms with Crippen LogP contribution in [-0.2, 0) is 22.4 Å². The fourth-order valence-corrected chi connectivity index (χ4v) is 6.12. The summed E-state index contributed by atoms with van der Waals surface area (Å²) in [6, 6.07) is 12.8. The number of piperazine rings is 1. The average molecular weight is 453 g/mol. The van der Waals surface area contributed by atoms with E-state index in [0.29, 0.717) is 13.1 Å². The molecule has 1 aromatic carbocycles. The fraction of sp³-hybridized carbons (Fsp3) is 0.520. The Morgan fingerprint density at radius 3 is 2.69 bits per heavy atom. The molecule has 7 heteroatoms. The van der Waals surface area contributed by atoms with Crippen LogP contribution >= 0.6 is 11.3 Å². The van der Waals surface area contributed by atoms with Gasteiger partial charge in [0.15, 0.2) is 0 Å². The molecular weight excluding hydrogens is 420 g/mol. The maximum Gasteiger partial charge on any atom is 0.236 e. The average Bonchev–Trinajstić information content (AvgIpc) is 3.53. The van der Waals surface area contributed by atoms with Gasteiger partial charge in [0.1, 0.15) is 0 Å². The summed E-state index contributed by atoms with van der Waals surface area (Å²) in [4.78, 5) is 34.0. The molecule has 6 nitrogen and oxygen atoms in total. The van der Waals surface area contributed by atoms with Gasteiger partial charge in [0.25, 0.3) is 0 Å². The summed E-state index contributed by atoms with van der Waals surface area (Å²) < 4.78 is 0. The van der Waals surface area contributed by atoms with Crippen LogP contribution in [-0.4, -0.2) is 73.5 Å². The number of thiophene rings is 1. The lowest BCUT2D eigenvalue weighted by Crippen LogP contribution is -2.62. The third-order valence-electron chi connectivity index (χ3n) is 7.11. The predicted molar refractivity (Wildman–Crippen MR) is 128 cm³/mol. The third-order valence-corrected chi connectivity index (χ3v) is 8.05. The largest absolute Gasteiger partial charge is 0.365 e. The zero-order valence-corrected chi connectivity index (χ0v) is 19.4. The number of hydrogen-bond acceptors (Lipinski definition) is 5. The van der Waals surface area contributed by atoms with E-state index in [9.17, 15) is 9.59 Å². The van der Waals surface area contributed by atoms with Crippen LogP contribution in [0.3, 0.4) is 0 Å². The van der Waals surface area contributed by atoms with Gasteiger partial charge in [0.2, 0.25) is 11.8 Å². The van der Waals surface area contributed by atoms with Crippen molar-refractivity contribution in [3.63, 3.8) is 0 Å². The summed E-state index contributed by atoms with van der Waals surface area (Å²) in [6.07, 6.45) is 3.87. The van der Waals surface area contributed by atoms with Crippen molar-refractivity contribution in [1.29, 1.82) is 0 Å². The smallest absolute Gasteiger partial charge is 0.236 e. The Labute approximate surface area is 194 Å². The molecule has 32 heavy (non-hydrogen) atoms. The van der Waals surface area contributed by atoms with Crippen molar-refractivity contribution in [2.24, 2.45) is 5.92 Å². The molecule has 3 aliphatic heterocycles. The van der Waals surface area contributed by atoms with E-state index in [2.05, 4.69) is 56.9 Å². The number of para-hydroxylation sites is 1. The Morgan fingerprint density at radius 1 is 1.03 bits per heavy atom. The summed E-state index contributed by atoms with van der Waals surface area (Å²) in [5, 5.41) is 5.28. The Kier molecular flexibility index (Phi) is 6.46. The molecule has 0 bridgehead atoms. The Morgan fingerprint density at radius 2 is 1.88 bits per heavy atom. The van der Waals surface area contributed by atoms with Crippen LogP contribution in [0.2, 0.25) is 0 Å². The highest BCUT2D eigenvalue weighted by Crippen LogP contribution is 2.36. The van der Waals surface area contributed by atoms with Crippen LogP contribution < -0.4 is 10.2 Å². The Bertz CT molecular complexity index is 941. The number of hydrogen-bond donors (Lipinski definition) is 1. The van der Waals surface area contributed by atoms with Crippen LogP contribution in [0.4, 0.5) is 5.69 Å². The summed E-state index contributed by atoms with van der Waals surface area (Å²) in [5.41, 5.74) is 2.51. The second-order valence-electron chi connectivity index (χ2n) is 9.14. The number of carbonyl (C=O) groups excluding carboxylic acids is 2. The van der Waals surface area contributed by atoms with E-state index >= 15 is 0 Å². The topological polar surface area (TPSA) is 55.9 Å². The molecule has 5 rings (SSSR count). The zero-order valence-electron chi connectivity index (χ0n) is 18.5. The molecule has 0 spiro atoms. The van der Waals surface area contributed by atoms with Gasteiger partial charge in [0, 0.05) is 49.8 Å². The number of carbonyl (C=O) groups is 2. The molecule has 2 atom stereocenters. The van der Waals surface area contributed by atoms with E-state index in [4.69, 9.17) is 0 Å². The minimum absolute atomic E-state index is 0.0991. The highest BCUT2D eigenvalue weighted by Gasteiger charge is 2.41. The van der Waals surface area contributed by atoms with Gasteiger partial charge >= 0.3 is 0 Å². The van der Waals surface area contributed by atoms with Crippen LogP contribution in [0.5, 0.6) is 0 Å². The molecular formula is C25H32N4O2S. The zero-order chi connectivity index (χ0) is 21.9.